The zero-order valence-corrected chi connectivity index (χ0v) is 43.1. The Balaban J connectivity index is 0.898. The molecule has 1 aromatic carbocycles. The van der Waals surface area contributed by atoms with Crippen LogP contribution in [0.3, 0.4) is 0 Å². The predicted molar refractivity (Wildman–Crippen MR) is 295 cm³/mol. The highest BCUT2D eigenvalue weighted by Crippen LogP contribution is 2.44. The normalized spacial score (nSPS) is 12.3. The molecule has 2 atom stereocenters. The van der Waals surface area contributed by atoms with Crippen molar-refractivity contribution >= 4 is 178 Å². The molecule has 12 aromatic rings. The van der Waals surface area contributed by atoms with Gasteiger partial charge in [0.25, 0.3) is 22.2 Å². The third-order valence-corrected chi connectivity index (χ3v) is 24.6. The van der Waals surface area contributed by atoms with Gasteiger partial charge in [0.05, 0.1) is 46.0 Å². The van der Waals surface area contributed by atoms with Gasteiger partial charge in [-0.05, 0) is 133 Å². The summed E-state index contributed by atoms with van der Waals surface area (Å²) in [5, 5.41) is 4.72. The van der Waals surface area contributed by atoms with Crippen LogP contribution in [0.1, 0.15) is 9.75 Å². The van der Waals surface area contributed by atoms with Gasteiger partial charge in [-0.25, -0.2) is 9.13 Å². The van der Waals surface area contributed by atoms with Crippen molar-refractivity contribution in [2.75, 3.05) is 0 Å². The average molecular weight is 1050 g/mol. The van der Waals surface area contributed by atoms with Gasteiger partial charge < -0.3 is 0 Å². The quantitative estimate of drug-likeness (QED) is 0.135. The molecule has 0 saturated carbocycles. The number of para-hydroxylation sites is 1. The van der Waals surface area contributed by atoms with Gasteiger partial charge in [-0.15, -0.1) is 102 Å². The Morgan fingerprint density at radius 2 is 0.831 bits per heavy atom. The topological polar surface area (TPSA) is 78.1 Å². The van der Waals surface area contributed by atoms with Gasteiger partial charge in [-0.2, -0.15) is 0 Å². The molecule has 2 unspecified atom stereocenters. The van der Waals surface area contributed by atoms with E-state index in [1.54, 1.807) is 79.4 Å². The molecule has 0 bridgehead atoms. The molecule has 0 aliphatic carbocycles. The Hall–Kier alpha value is -4.34. The van der Waals surface area contributed by atoms with Gasteiger partial charge in [0.2, 0.25) is 0 Å². The van der Waals surface area contributed by atoms with E-state index < -0.39 is 0 Å². The maximum Gasteiger partial charge on any atom is 0.267 e. The van der Waals surface area contributed by atoms with Crippen LogP contribution >= 0.6 is 119 Å². The van der Waals surface area contributed by atoms with Gasteiger partial charge in [-0.1, -0.05) is 18.2 Å². The van der Waals surface area contributed by atoms with Crippen molar-refractivity contribution in [1.29, 1.82) is 0 Å². The molecular weight excluding hydrogens is 1020 g/mol. The fraction of sp³-hybridized carbons (Fsp3) is 0.0417. The van der Waals surface area contributed by atoms with Crippen LogP contribution in [0, 0.1) is 13.8 Å². The lowest BCUT2D eigenvalue weighted by Crippen LogP contribution is -2.28. The first-order valence-electron chi connectivity index (χ1n) is 19.9. The summed E-state index contributed by atoms with van der Waals surface area (Å²) >= 11 is 14.7. The summed E-state index contributed by atoms with van der Waals surface area (Å²) in [6.45, 7) is 4.14. The van der Waals surface area contributed by atoms with E-state index in [1.165, 1.54) is 43.8 Å². The highest BCUT2D eigenvalue weighted by molar-refractivity contribution is 7.69. The molecule has 0 saturated heterocycles. The van der Waals surface area contributed by atoms with E-state index in [-0.39, 0.29) is 22.2 Å². The molecule has 0 N–H and O–H groups in total. The second-order valence-corrected chi connectivity index (χ2v) is 29.0. The van der Waals surface area contributed by atoms with Gasteiger partial charge in [-0.3, -0.25) is 19.2 Å². The standard InChI is InChI=1S/C48H28N2O4P2S9/c1-23-10-14-37(58-23)55-38-15-11-30(60-38)33-20-27-43(64-33)44-28(46(52)49(45(27)51)25-7-4-3-5-8-25)21-34(65-44)31-12-16-39(61-31)56-40-17-13-32(62-40)35-22-29-42(63-35)41-26(19-24(2)59-41)47(53)50(48(29)54)36-9-6-18-57-36/h3-22,55-56H,1-2H3. The zero-order chi connectivity index (χ0) is 44.1. The molecule has 0 aliphatic heterocycles. The maximum absolute atomic E-state index is 14.5. The first-order valence-corrected chi connectivity index (χ1v) is 29.3. The SMILES string of the molecule is Cc1ccc(Pc2ccc(-c3cc4c(=O)n(-c5ccccc5)c(=O)c5cc(-c6ccc(Pc7ccc(-c8cc9c(=O)n(-c%10cccs%10)c(=O)c%10cc(C)sc%10c9s8)s7)s6)sc5c4s3)s2)s1. The number of thiophene rings is 9. The molecule has 6 nitrogen and oxygen atoms in total. The number of hydrogen-bond donors (Lipinski definition) is 0. The number of nitrogens with zero attached hydrogens (tertiary/aromatic N) is 2. The number of aromatic nitrogens is 2. The monoisotopic (exact) mass is 1050 g/mol. The lowest BCUT2D eigenvalue weighted by Gasteiger charge is -2.01. The van der Waals surface area contributed by atoms with E-state index >= 15 is 0 Å². The molecule has 0 spiro atoms. The number of benzene rings is 1. The average Bonchev–Trinajstić information content (AvgIpc) is 4.14. The number of hydrogen-bond acceptors (Lipinski definition) is 13. The Labute approximate surface area is 408 Å². The van der Waals surface area contributed by atoms with Crippen molar-refractivity contribution in [3.63, 3.8) is 0 Å². The lowest BCUT2D eigenvalue weighted by molar-refractivity contribution is 0.976. The van der Waals surface area contributed by atoms with Crippen LogP contribution in [-0.4, -0.2) is 9.13 Å². The summed E-state index contributed by atoms with van der Waals surface area (Å²) in [4.78, 5) is 65.4. The summed E-state index contributed by atoms with van der Waals surface area (Å²) in [7, 11) is 1.01. The predicted octanol–water partition coefficient (Wildman–Crippen LogP) is 12.8. The minimum Gasteiger partial charge on any atom is -0.268 e. The molecular formula is C48H28N2O4P2S9. The second kappa shape index (κ2) is 16.8. The number of rotatable bonds is 9. The van der Waals surface area contributed by atoms with Crippen molar-refractivity contribution in [2.45, 2.75) is 13.8 Å². The molecule has 0 amide bonds. The molecule has 12 rings (SSSR count). The summed E-state index contributed by atoms with van der Waals surface area (Å²) < 4.78 is 11.1. The van der Waals surface area contributed by atoms with E-state index in [4.69, 9.17) is 0 Å². The number of aryl methyl sites for hydroxylation is 2. The largest absolute Gasteiger partial charge is 0.268 e. The van der Waals surface area contributed by atoms with Crippen LogP contribution < -0.4 is 40.7 Å². The summed E-state index contributed by atoms with van der Waals surface area (Å²) in [6, 6.07) is 38.1. The van der Waals surface area contributed by atoms with E-state index in [0.29, 0.717) is 49.4 Å². The molecule has 0 aliphatic rings. The summed E-state index contributed by atoms with van der Waals surface area (Å²) in [5.74, 6) is 0. The fourth-order valence-corrected chi connectivity index (χ4v) is 21.6. The van der Waals surface area contributed by atoms with E-state index in [2.05, 4.69) is 55.5 Å². The Morgan fingerprint density at radius 3 is 1.29 bits per heavy atom. The van der Waals surface area contributed by atoms with Crippen LogP contribution in [0.5, 0.6) is 0 Å². The molecule has 318 valence electrons. The van der Waals surface area contributed by atoms with E-state index in [9.17, 15) is 19.2 Å². The van der Waals surface area contributed by atoms with Gasteiger partial charge in [0.15, 0.2) is 0 Å². The van der Waals surface area contributed by atoms with Crippen molar-refractivity contribution < 1.29 is 0 Å². The fourth-order valence-electron chi connectivity index (χ4n) is 7.79. The van der Waals surface area contributed by atoms with Crippen molar-refractivity contribution in [3.05, 3.63) is 172 Å². The Morgan fingerprint density at radius 1 is 0.385 bits per heavy atom. The first-order chi connectivity index (χ1) is 31.6. The number of fused-ring (bicyclic) bond motifs is 6. The minimum atomic E-state index is -0.317. The van der Waals surface area contributed by atoms with Crippen LogP contribution in [-0.2, 0) is 0 Å². The van der Waals surface area contributed by atoms with Crippen molar-refractivity contribution in [2.24, 2.45) is 0 Å². The maximum atomic E-state index is 14.5. The molecule has 17 heteroatoms. The van der Waals surface area contributed by atoms with Crippen LogP contribution in [0.4, 0.5) is 0 Å². The van der Waals surface area contributed by atoms with Gasteiger partial charge >= 0.3 is 0 Å². The van der Waals surface area contributed by atoms with E-state index in [1.807, 2.05) is 90.4 Å². The first kappa shape index (κ1) is 42.0. The van der Waals surface area contributed by atoms with Crippen molar-refractivity contribution in [1.82, 2.24) is 9.13 Å². The summed E-state index contributed by atoms with van der Waals surface area (Å²) in [5.41, 5.74) is -0.643. The summed E-state index contributed by atoms with van der Waals surface area (Å²) in [6.07, 6.45) is 0. The smallest absolute Gasteiger partial charge is 0.267 e. The third-order valence-electron chi connectivity index (χ3n) is 10.7. The second-order valence-electron chi connectivity index (χ2n) is 15.0. The minimum absolute atomic E-state index is 0.278. The Bertz CT molecular complexity index is 4100. The van der Waals surface area contributed by atoms with Crippen molar-refractivity contribution in [3.8, 4) is 40.0 Å². The molecule has 11 heterocycles. The lowest BCUT2D eigenvalue weighted by atomic mass is 10.3. The highest BCUT2D eigenvalue weighted by Gasteiger charge is 2.22. The Kier molecular flexibility index (Phi) is 10.8. The van der Waals surface area contributed by atoms with Gasteiger partial charge in [0, 0.05) is 57.5 Å². The van der Waals surface area contributed by atoms with Crippen LogP contribution in [0.2, 0.25) is 0 Å². The molecule has 11 aromatic heterocycles. The van der Waals surface area contributed by atoms with Crippen LogP contribution in [0.25, 0.3) is 80.3 Å². The third kappa shape index (κ3) is 7.50. The molecule has 0 radical (unpaired) electrons. The highest BCUT2D eigenvalue weighted by atomic mass is 32.1. The molecule has 65 heavy (non-hydrogen) atoms. The van der Waals surface area contributed by atoms with Gasteiger partial charge in [0.1, 0.15) is 5.00 Å². The van der Waals surface area contributed by atoms with E-state index in [0.717, 1.165) is 52.9 Å². The molecule has 0 fully saturated rings. The zero-order valence-electron chi connectivity index (χ0n) is 33.7. The van der Waals surface area contributed by atoms with Crippen LogP contribution in [0.15, 0.2) is 140 Å².